The fourth-order valence-electron chi connectivity index (χ4n) is 2.81. The summed E-state index contributed by atoms with van der Waals surface area (Å²) < 4.78 is 5.41. The van der Waals surface area contributed by atoms with Crippen LogP contribution in [0, 0.1) is 0 Å². The molecular weight excluding hydrogens is 306 g/mol. The Labute approximate surface area is 143 Å². The molecule has 0 radical (unpaired) electrons. The van der Waals surface area contributed by atoms with E-state index in [9.17, 15) is 9.59 Å². The fraction of sp³-hybridized carbons (Fsp3) is 0.611. The van der Waals surface area contributed by atoms with Gasteiger partial charge in [0.2, 0.25) is 5.91 Å². The number of ether oxygens (including phenoxy) is 1. The second-order valence-electron chi connectivity index (χ2n) is 6.71. The van der Waals surface area contributed by atoms with Gasteiger partial charge < -0.3 is 14.5 Å². The van der Waals surface area contributed by atoms with Crippen molar-refractivity contribution in [3.63, 3.8) is 0 Å². The topological polar surface area (TPSA) is 62.7 Å². The van der Waals surface area contributed by atoms with Crippen molar-refractivity contribution >= 4 is 11.8 Å². The number of likely N-dealkylation sites (tertiary alicyclic amines) is 1. The summed E-state index contributed by atoms with van der Waals surface area (Å²) in [6, 6.07) is 3.72. The predicted octanol–water partition coefficient (Wildman–Crippen LogP) is 1.91. The van der Waals surface area contributed by atoms with Crippen molar-refractivity contribution in [1.29, 1.82) is 0 Å². The highest BCUT2D eigenvalue weighted by Gasteiger charge is 2.26. The van der Waals surface area contributed by atoms with E-state index in [-0.39, 0.29) is 30.4 Å². The van der Waals surface area contributed by atoms with Gasteiger partial charge in [0.15, 0.2) is 0 Å². The number of aromatic nitrogens is 1. The average molecular weight is 333 g/mol. The van der Waals surface area contributed by atoms with Crippen LogP contribution in [0.4, 0.5) is 0 Å². The Hall–Kier alpha value is -1.95. The largest absolute Gasteiger partial charge is 0.369 e. The lowest BCUT2D eigenvalue weighted by Crippen LogP contribution is -2.41. The molecular formula is C18H27N3O3. The van der Waals surface area contributed by atoms with Gasteiger partial charge in [-0.1, -0.05) is 0 Å². The van der Waals surface area contributed by atoms with Crippen LogP contribution in [0.1, 0.15) is 48.7 Å². The number of nitrogens with zero attached hydrogens (tertiary/aromatic N) is 3. The van der Waals surface area contributed by atoms with Gasteiger partial charge in [0, 0.05) is 45.0 Å². The van der Waals surface area contributed by atoms with Gasteiger partial charge in [-0.3, -0.25) is 14.6 Å². The Morgan fingerprint density at radius 3 is 2.71 bits per heavy atom. The SMILES string of the molecule is CC(C)OCC(=O)N1CCCC(c2ccc(C(=O)N(C)C)cn2)C1. The van der Waals surface area contributed by atoms with Crippen LogP contribution >= 0.6 is 0 Å². The molecule has 1 aliphatic heterocycles. The van der Waals surface area contributed by atoms with Crippen molar-refractivity contribution in [2.45, 2.75) is 38.7 Å². The van der Waals surface area contributed by atoms with Gasteiger partial charge in [-0.25, -0.2) is 0 Å². The summed E-state index contributed by atoms with van der Waals surface area (Å²) in [5.41, 5.74) is 1.52. The van der Waals surface area contributed by atoms with Gasteiger partial charge in [-0.2, -0.15) is 0 Å². The second kappa shape index (κ2) is 8.24. The maximum Gasteiger partial charge on any atom is 0.254 e. The Morgan fingerprint density at radius 1 is 1.38 bits per heavy atom. The molecule has 1 saturated heterocycles. The van der Waals surface area contributed by atoms with E-state index in [1.807, 2.05) is 30.9 Å². The highest BCUT2D eigenvalue weighted by Crippen LogP contribution is 2.25. The molecule has 0 saturated carbocycles. The predicted molar refractivity (Wildman–Crippen MR) is 91.9 cm³/mol. The van der Waals surface area contributed by atoms with Crippen molar-refractivity contribution in [3.8, 4) is 0 Å². The average Bonchev–Trinajstić information content (AvgIpc) is 2.59. The highest BCUT2D eigenvalue weighted by atomic mass is 16.5. The van der Waals surface area contributed by atoms with E-state index < -0.39 is 0 Å². The molecule has 1 fully saturated rings. The third kappa shape index (κ3) is 4.77. The summed E-state index contributed by atoms with van der Waals surface area (Å²) >= 11 is 0. The lowest BCUT2D eigenvalue weighted by Gasteiger charge is -2.32. The minimum atomic E-state index is -0.0552. The molecule has 24 heavy (non-hydrogen) atoms. The van der Waals surface area contributed by atoms with Gasteiger partial charge in [0.1, 0.15) is 6.61 Å². The minimum absolute atomic E-state index is 0.0350. The van der Waals surface area contributed by atoms with Crippen molar-refractivity contribution in [2.24, 2.45) is 0 Å². The summed E-state index contributed by atoms with van der Waals surface area (Å²) in [6.07, 6.45) is 3.64. The first-order valence-electron chi connectivity index (χ1n) is 8.45. The first-order chi connectivity index (χ1) is 11.4. The maximum atomic E-state index is 12.2. The quantitative estimate of drug-likeness (QED) is 0.826. The number of rotatable bonds is 5. The molecule has 0 spiro atoms. The summed E-state index contributed by atoms with van der Waals surface area (Å²) in [6.45, 7) is 5.41. The minimum Gasteiger partial charge on any atom is -0.369 e. The summed E-state index contributed by atoms with van der Waals surface area (Å²) in [5, 5.41) is 0. The van der Waals surface area contributed by atoms with E-state index in [2.05, 4.69) is 4.98 Å². The molecule has 0 N–H and O–H groups in total. The highest BCUT2D eigenvalue weighted by molar-refractivity contribution is 5.93. The van der Waals surface area contributed by atoms with E-state index >= 15 is 0 Å². The molecule has 6 heteroatoms. The number of amides is 2. The molecule has 1 aromatic heterocycles. The fourth-order valence-corrected chi connectivity index (χ4v) is 2.81. The molecule has 2 heterocycles. The van der Waals surface area contributed by atoms with Crippen LogP contribution in [0.2, 0.25) is 0 Å². The van der Waals surface area contributed by atoms with Gasteiger partial charge >= 0.3 is 0 Å². The van der Waals surface area contributed by atoms with E-state index in [0.29, 0.717) is 12.1 Å². The van der Waals surface area contributed by atoms with Crippen molar-refractivity contribution < 1.29 is 14.3 Å². The van der Waals surface area contributed by atoms with E-state index in [0.717, 1.165) is 25.1 Å². The standard InChI is InChI=1S/C18H27N3O3/c1-13(2)24-12-17(22)21-9-5-6-15(11-21)16-8-7-14(10-19-16)18(23)20(3)4/h7-8,10,13,15H,5-6,9,11-12H2,1-4H3. The molecule has 2 rings (SSSR count). The molecule has 132 valence electrons. The van der Waals surface area contributed by atoms with Gasteiger partial charge in [0.05, 0.1) is 11.7 Å². The normalized spacial score (nSPS) is 17.9. The number of pyridine rings is 1. The number of carbonyl (C=O) groups is 2. The monoisotopic (exact) mass is 333 g/mol. The van der Waals surface area contributed by atoms with Crippen LogP contribution in [0.25, 0.3) is 0 Å². The number of hydrogen-bond acceptors (Lipinski definition) is 4. The molecule has 6 nitrogen and oxygen atoms in total. The smallest absolute Gasteiger partial charge is 0.254 e. The van der Waals surface area contributed by atoms with E-state index in [1.54, 1.807) is 20.3 Å². The van der Waals surface area contributed by atoms with Gasteiger partial charge in [0.25, 0.3) is 5.91 Å². The number of piperidine rings is 1. The van der Waals surface area contributed by atoms with Crippen molar-refractivity contribution in [1.82, 2.24) is 14.8 Å². The summed E-state index contributed by atoms with van der Waals surface area (Å²) in [5.74, 6) is 0.193. The maximum absolute atomic E-state index is 12.2. The lowest BCUT2D eigenvalue weighted by atomic mass is 9.94. The molecule has 1 aliphatic rings. The molecule has 1 aromatic rings. The number of carbonyl (C=O) groups excluding carboxylic acids is 2. The Morgan fingerprint density at radius 2 is 2.12 bits per heavy atom. The molecule has 0 bridgehead atoms. The second-order valence-corrected chi connectivity index (χ2v) is 6.71. The Bertz CT molecular complexity index is 569. The van der Waals surface area contributed by atoms with Gasteiger partial charge in [-0.05, 0) is 38.8 Å². The first kappa shape index (κ1) is 18.4. The molecule has 1 atom stereocenters. The van der Waals surface area contributed by atoms with E-state index in [1.165, 1.54) is 4.90 Å². The molecule has 2 amide bonds. The first-order valence-corrected chi connectivity index (χ1v) is 8.45. The van der Waals surface area contributed by atoms with Crippen LogP contribution in [0.15, 0.2) is 18.3 Å². The molecule has 0 aliphatic carbocycles. The van der Waals surface area contributed by atoms with Crippen LogP contribution in [-0.4, -0.2) is 66.5 Å². The summed E-state index contributed by atoms with van der Waals surface area (Å²) in [4.78, 5) is 32.0. The van der Waals surface area contributed by atoms with Crippen LogP contribution in [0.5, 0.6) is 0 Å². The van der Waals surface area contributed by atoms with Crippen LogP contribution in [0.3, 0.4) is 0 Å². The van der Waals surface area contributed by atoms with E-state index in [4.69, 9.17) is 4.74 Å². The Kier molecular flexibility index (Phi) is 6.31. The van der Waals surface area contributed by atoms with Crippen LogP contribution in [-0.2, 0) is 9.53 Å². The third-order valence-corrected chi connectivity index (χ3v) is 4.17. The van der Waals surface area contributed by atoms with Gasteiger partial charge in [-0.15, -0.1) is 0 Å². The van der Waals surface area contributed by atoms with Crippen LogP contribution < -0.4 is 0 Å². The zero-order chi connectivity index (χ0) is 17.7. The zero-order valence-electron chi connectivity index (χ0n) is 15.0. The van der Waals surface area contributed by atoms with Crippen molar-refractivity contribution in [2.75, 3.05) is 33.8 Å². The van der Waals surface area contributed by atoms with Crippen molar-refractivity contribution in [3.05, 3.63) is 29.6 Å². The Balaban J connectivity index is 1.99. The third-order valence-electron chi connectivity index (χ3n) is 4.17. The molecule has 1 unspecified atom stereocenters. The lowest BCUT2D eigenvalue weighted by molar-refractivity contribution is -0.138. The summed E-state index contributed by atoms with van der Waals surface area (Å²) in [7, 11) is 3.44. The number of hydrogen-bond donors (Lipinski definition) is 0. The zero-order valence-corrected chi connectivity index (χ0v) is 15.0. The molecule has 0 aromatic carbocycles.